The predicted molar refractivity (Wildman–Crippen MR) is 91.6 cm³/mol. The number of hydrogen-bond acceptors (Lipinski definition) is 3. The van der Waals surface area contributed by atoms with Gasteiger partial charge in [0, 0.05) is 19.0 Å². The standard InChI is InChI=1S/C17H33N3O3/c1-6-7-8-9-10-11-15(22)19-13(12-14(18)21)16(23)20(5)17(2,3)4/h13H,6-12H2,1-5H3,(H2,18,21)(H,19,22)/t13-/m1/s1. The van der Waals surface area contributed by atoms with Gasteiger partial charge >= 0.3 is 0 Å². The van der Waals surface area contributed by atoms with E-state index in [1.165, 1.54) is 11.3 Å². The van der Waals surface area contributed by atoms with E-state index in [0.29, 0.717) is 6.42 Å². The van der Waals surface area contributed by atoms with Gasteiger partial charge in [-0.25, -0.2) is 0 Å². The maximum atomic E-state index is 12.5. The first-order chi connectivity index (χ1) is 10.6. The summed E-state index contributed by atoms with van der Waals surface area (Å²) in [6, 6.07) is -0.889. The van der Waals surface area contributed by atoms with Crippen LogP contribution in [0.3, 0.4) is 0 Å². The van der Waals surface area contributed by atoms with Crippen molar-refractivity contribution in [2.24, 2.45) is 5.73 Å². The van der Waals surface area contributed by atoms with Crippen molar-refractivity contribution in [1.29, 1.82) is 0 Å². The number of rotatable bonds is 10. The van der Waals surface area contributed by atoms with Crippen LogP contribution in [-0.4, -0.2) is 41.2 Å². The zero-order valence-corrected chi connectivity index (χ0v) is 15.3. The molecule has 0 fully saturated rings. The van der Waals surface area contributed by atoms with E-state index in [2.05, 4.69) is 12.2 Å². The molecule has 0 aromatic rings. The molecular formula is C17H33N3O3. The van der Waals surface area contributed by atoms with Crippen molar-refractivity contribution in [3.8, 4) is 0 Å². The molecule has 0 bridgehead atoms. The first-order valence-corrected chi connectivity index (χ1v) is 8.45. The predicted octanol–water partition coefficient (Wildman–Crippen LogP) is 1.96. The second-order valence-electron chi connectivity index (χ2n) is 7.02. The van der Waals surface area contributed by atoms with Crippen molar-refractivity contribution in [2.75, 3.05) is 7.05 Å². The van der Waals surface area contributed by atoms with Crippen LogP contribution in [0, 0.1) is 0 Å². The molecule has 0 saturated carbocycles. The summed E-state index contributed by atoms with van der Waals surface area (Å²) in [5.41, 5.74) is 4.82. The van der Waals surface area contributed by atoms with Crippen molar-refractivity contribution >= 4 is 17.7 Å². The molecule has 0 aliphatic rings. The first-order valence-electron chi connectivity index (χ1n) is 8.45. The molecule has 134 valence electrons. The van der Waals surface area contributed by atoms with Crippen LogP contribution in [0.5, 0.6) is 0 Å². The summed E-state index contributed by atoms with van der Waals surface area (Å²) in [7, 11) is 1.66. The highest BCUT2D eigenvalue weighted by atomic mass is 16.2. The van der Waals surface area contributed by atoms with E-state index >= 15 is 0 Å². The van der Waals surface area contributed by atoms with Gasteiger partial charge in [0.25, 0.3) is 0 Å². The highest BCUT2D eigenvalue weighted by Gasteiger charge is 2.30. The van der Waals surface area contributed by atoms with Crippen LogP contribution in [0.4, 0.5) is 0 Å². The Labute approximate surface area is 140 Å². The Balaban J connectivity index is 4.58. The molecule has 0 aromatic heterocycles. The smallest absolute Gasteiger partial charge is 0.245 e. The van der Waals surface area contributed by atoms with Gasteiger partial charge in [0.2, 0.25) is 17.7 Å². The van der Waals surface area contributed by atoms with Crippen LogP contribution in [0.25, 0.3) is 0 Å². The first kappa shape index (κ1) is 21.4. The van der Waals surface area contributed by atoms with Gasteiger partial charge < -0.3 is 16.0 Å². The van der Waals surface area contributed by atoms with Crippen molar-refractivity contribution in [3.05, 3.63) is 0 Å². The number of amides is 3. The second-order valence-corrected chi connectivity index (χ2v) is 7.02. The lowest BCUT2D eigenvalue weighted by atomic mass is 10.0. The van der Waals surface area contributed by atoms with Crippen molar-refractivity contribution in [2.45, 2.75) is 84.2 Å². The van der Waals surface area contributed by atoms with Crippen LogP contribution in [0.1, 0.15) is 72.6 Å². The molecule has 3 amide bonds. The molecule has 1 atom stereocenters. The van der Waals surface area contributed by atoms with Crippen molar-refractivity contribution in [3.63, 3.8) is 0 Å². The average Bonchev–Trinajstić information content (AvgIpc) is 2.43. The third-order valence-corrected chi connectivity index (χ3v) is 3.88. The van der Waals surface area contributed by atoms with E-state index in [0.717, 1.165) is 25.7 Å². The van der Waals surface area contributed by atoms with E-state index in [1.54, 1.807) is 7.05 Å². The molecule has 0 radical (unpaired) electrons. The Morgan fingerprint density at radius 2 is 1.65 bits per heavy atom. The number of nitrogens with two attached hydrogens (primary N) is 1. The van der Waals surface area contributed by atoms with Gasteiger partial charge in [-0.3, -0.25) is 14.4 Å². The third kappa shape index (κ3) is 9.21. The summed E-state index contributed by atoms with van der Waals surface area (Å²) in [6.07, 6.45) is 5.41. The number of unbranched alkanes of at least 4 members (excludes halogenated alkanes) is 4. The number of hydrogen-bond donors (Lipinski definition) is 2. The van der Waals surface area contributed by atoms with E-state index in [1.807, 2.05) is 20.8 Å². The SMILES string of the molecule is CCCCCCCC(=O)N[C@H](CC(N)=O)C(=O)N(C)C(C)(C)C. The van der Waals surface area contributed by atoms with Gasteiger partial charge in [0.15, 0.2) is 0 Å². The largest absolute Gasteiger partial charge is 0.370 e. The van der Waals surface area contributed by atoms with E-state index in [-0.39, 0.29) is 18.2 Å². The fourth-order valence-electron chi connectivity index (χ4n) is 2.12. The summed E-state index contributed by atoms with van der Waals surface area (Å²) >= 11 is 0. The minimum Gasteiger partial charge on any atom is -0.370 e. The van der Waals surface area contributed by atoms with Gasteiger partial charge in [-0.15, -0.1) is 0 Å². The fraction of sp³-hybridized carbons (Fsp3) is 0.824. The molecule has 3 N–H and O–H groups in total. The molecule has 0 aliphatic carbocycles. The third-order valence-electron chi connectivity index (χ3n) is 3.88. The Morgan fingerprint density at radius 1 is 1.09 bits per heavy atom. The van der Waals surface area contributed by atoms with Crippen LogP contribution in [-0.2, 0) is 14.4 Å². The van der Waals surface area contributed by atoms with Gasteiger partial charge in [-0.1, -0.05) is 32.6 Å². The lowest BCUT2D eigenvalue weighted by molar-refractivity contribution is -0.140. The van der Waals surface area contributed by atoms with E-state index in [9.17, 15) is 14.4 Å². The number of primary amides is 1. The molecular weight excluding hydrogens is 294 g/mol. The fourth-order valence-corrected chi connectivity index (χ4v) is 2.12. The zero-order chi connectivity index (χ0) is 18.0. The minimum atomic E-state index is -0.889. The van der Waals surface area contributed by atoms with Crippen LogP contribution in [0.2, 0.25) is 0 Å². The van der Waals surface area contributed by atoms with Gasteiger partial charge in [-0.05, 0) is 27.2 Å². The molecule has 6 nitrogen and oxygen atoms in total. The number of carbonyl (C=O) groups is 3. The van der Waals surface area contributed by atoms with Crippen LogP contribution in [0.15, 0.2) is 0 Å². The highest BCUT2D eigenvalue weighted by molar-refractivity contribution is 5.91. The molecule has 0 unspecified atom stereocenters. The lowest BCUT2D eigenvalue weighted by Gasteiger charge is -2.34. The number of carbonyl (C=O) groups excluding carboxylic acids is 3. The lowest BCUT2D eigenvalue weighted by Crippen LogP contribution is -2.54. The van der Waals surface area contributed by atoms with Crippen LogP contribution < -0.4 is 11.1 Å². The monoisotopic (exact) mass is 327 g/mol. The molecule has 0 spiro atoms. The zero-order valence-electron chi connectivity index (χ0n) is 15.3. The maximum absolute atomic E-state index is 12.5. The number of nitrogens with one attached hydrogen (secondary N) is 1. The quantitative estimate of drug-likeness (QED) is 0.601. The summed E-state index contributed by atoms with van der Waals surface area (Å²) in [5.74, 6) is -1.10. The topological polar surface area (TPSA) is 92.5 Å². The summed E-state index contributed by atoms with van der Waals surface area (Å²) in [4.78, 5) is 37.2. The summed E-state index contributed by atoms with van der Waals surface area (Å²) < 4.78 is 0. The van der Waals surface area contributed by atoms with Crippen molar-refractivity contribution in [1.82, 2.24) is 10.2 Å². The molecule has 0 aromatic carbocycles. The van der Waals surface area contributed by atoms with Gasteiger partial charge in [-0.2, -0.15) is 0 Å². The van der Waals surface area contributed by atoms with Gasteiger partial charge in [0.05, 0.1) is 6.42 Å². The second kappa shape index (κ2) is 10.2. The Hall–Kier alpha value is -1.59. The Bertz CT molecular complexity index is 402. The average molecular weight is 327 g/mol. The molecule has 6 heteroatoms. The normalized spacial score (nSPS) is 12.6. The maximum Gasteiger partial charge on any atom is 0.245 e. The molecule has 0 rings (SSSR count). The van der Waals surface area contributed by atoms with Crippen LogP contribution >= 0.6 is 0 Å². The molecule has 23 heavy (non-hydrogen) atoms. The minimum absolute atomic E-state index is 0.180. The summed E-state index contributed by atoms with van der Waals surface area (Å²) in [5, 5.41) is 2.66. The summed E-state index contributed by atoms with van der Waals surface area (Å²) in [6.45, 7) is 7.81. The molecule has 0 heterocycles. The van der Waals surface area contributed by atoms with Crippen molar-refractivity contribution < 1.29 is 14.4 Å². The number of nitrogens with zero attached hydrogens (tertiary/aromatic N) is 1. The Morgan fingerprint density at radius 3 is 2.13 bits per heavy atom. The van der Waals surface area contributed by atoms with Gasteiger partial charge in [0.1, 0.15) is 6.04 Å². The highest BCUT2D eigenvalue weighted by Crippen LogP contribution is 2.13. The molecule has 0 aliphatic heterocycles. The Kier molecular flexibility index (Phi) is 9.53. The van der Waals surface area contributed by atoms with E-state index in [4.69, 9.17) is 5.73 Å². The number of likely N-dealkylation sites (N-methyl/N-ethyl adjacent to an activating group) is 1. The molecule has 0 saturated heterocycles. The van der Waals surface area contributed by atoms with E-state index < -0.39 is 17.5 Å².